The first kappa shape index (κ1) is 30.3. The van der Waals surface area contributed by atoms with E-state index in [4.69, 9.17) is 38.1 Å². The van der Waals surface area contributed by atoms with Crippen LogP contribution < -0.4 is 10.6 Å². The lowest BCUT2D eigenvalue weighted by atomic mass is 10.0. The highest BCUT2D eigenvalue weighted by Gasteiger charge is 2.41. The number of nitriles is 2. The molecule has 2 aromatic heterocycles. The minimum absolute atomic E-state index is 0.0194. The molecule has 3 heterocycles. The third-order valence-electron chi connectivity index (χ3n) is 6.47. The van der Waals surface area contributed by atoms with Gasteiger partial charge in [-0.3, -0.25) is 14.4 Å². The Morgan fingerprint density at radius 2 is 1.82 bits per heavy atom. The van der Waals surface area contributed by atoms with Crippen LogP contribution in [-0.2, 0) is 14.3 Å². The van der Waals surface area contributed by atoms with Crippen molar-refractivity contribution in [3.05, 3.63) is 93.2 Å². The molecular formula is C30H17Cl2N5O6S. The minimum atomic E-state index is -0.950. The first-order chi connectivity index (χ1) is 21.1. The molecule has 0 spiro atoms. The average Bonchev–Trinajstić information content (AvgIpc) is 3.63. The number of benzene rings is 2. The van der Waals surface area contributed by atoms with Gasteiger partial charge in [0, 0.05) is 17.0 Å². The SMILES string of the molecule is N#Cc1c(N)nc(SC2CC(=O)N(c3ccc(C(=O)OCC(=O)c4ccc(Cl)cc4Cl)cc3)C2=O)c(C#N)c1-c1ccco1. The van der Waals surface area contributed by atoms with Crippen LogP contribution >= 0.6 is 35.0 Å². The molecule has 5 rings (SSSR count). The van der Waals surface area contributed by atoms with E-state index in [2.05, 4.69) is 4.98 Å². The van der Waals surface area contributed by atoms with Gasteiger partial charge < -0.3 is 14.9 Å². The van der Waals surface area contributed by atoms with Gasteiger partial charge in [0.2, 0.25) is 17.6 Å². The Morgan fingerprint density at radius 1 is 1.09 bits per heavy atom. The highest BCUT2D eigenvalue weighted by molar-refractivity contribution is 8.00. The molecule has 14 heteroatoms. The zero-order valence-corrected chi connectivity index (χ0v) is 24.6. The number of hydrogen-bond donors (Lipinski definition) is 1. The number of nitrogens with zero attached hydrogens (tertiary/aromatic N) is 4. The van der Waals surface area contributed by atoms with Crippen LogP contribution in [0.3, 0.4) is 0 Å². The first-order valence-electron chi connectivity index (χ1n) is 12.6. The number of amides is 2. The Balaban J connectivity index is 1.30. The number of ether oxygens (including phenoxy) is 1. The van der Waals surface area contributed by atoms with Crippen LogP contribution in [0, 0.1) is 22.7 Å². The fourth-order valence-corrected chi connectivity index (χ4v) is 6.04. The minimum Gasteiger partial charge on any atom is -0.464 e. The van der Waals surface area contributed by atoms with Gasteiger partial charge in [0.25, 0.3) is 0 Å². The summed E-state index contributed by atoms with van der Waals surface area (Å²) in [5, 5.41) is 19.1. The number of thioether (sulfide) groups is 1. The van der Waals surface area contributed by atoms with E-state index in [-0.39, 0.29) is 61.6 Å². The summed E-state index contributed by atoms with van der Waals surface area (Å²) >= 11 is 12.8. The van der Waals surface area contributed by atoms with Crippen molar-refractivity contribution in [1.29, 1.82) is 10.5 Å². The van der Waals surface area contributed by atoms with Gasteiger partial charge >= 0.3 is 5.97 Å². The lowest BCUT2D eigenvalue weighted by Gasteiger charge is -2.16. The van der Waals surface area contributed by atoms with Crippen molar-refractivity contribution in [3.8, 4) is 23.5 Å². The molecule has 1 aliphatic heterocycles. The van der Waals surface area contributed by atoms with E-state index in [0.29, 0.717) is 5.02 Å². The number of imide groups is 1. The Labute approximate surface area is 263 Å². The van der Waals surface area contributed by atoms with E-state index in [9.17, 15) is 29.7 Å². The van der Waals surface area contributed by atoms with Gasteiger partial charge in [0.1, 0.15) is 34.3 Å². The second-order valence-electron chi connectivity index (χ2n) is 9.18. The molecule has 1 saturated heterocycles. The third-order valence-corrected chi connectivity index (χ3v) is 8.19. The van der Waals surface area contributed by atoms with Crippen LogP contribution in [-0.4, -0.2) is 40.4 Å². The molecule has 44 heavy (non-hydrogen) atoms. The second-order valence-corrected chi connectivity index (χ2v) is 11.2. The number of furan rings is 1. The van der Waals surface area contributed by atoms with Gasteiger partial charge in [-0.25, -0.2) is 14.7 Å². The fourth-order valence-electron chi connectivity index (χ4n) is 4.41. The maximum Gasteiger partial charge on any atom is 0.338 e. The lowest BCUT2D eigenvalue weighted by molar-refractivity contribution is -0.121. The number of Topliss-reactive ketones (excluding diaryl/α,β-unsaturated/α-hetero) is 1. The summed E-state index contributed by atoms with van der Waals surface area (Å²) in [6, 6.07) is 16.9. The Morgan fingerprint density at radius 3 is 2.45 bits per heavy atom. The number of esters is 1. The van der Waals surface area contributed by atoms with Crippen molar-refractivity contribution in [2.45, 2.75) is 16.7 Å². The Bertz CT molecular complexity index is 1920. The van der Waals surface area contributed by atoms with E-state index >= 15 is 0 Å². The number of halogens is 2. The van der Waals surface area contributed by atoms with E-state index in [1.54, 1.807) is 12.1 Å². The predicted octanol–water partition coefficient (Wildman–Crippen LogP) is 5.44. The first-order valence-corrected chi connectivity index (χ1v) is 14.2. The van der Waals surface area contributed by atoms with E-state index in [1.807, 2.05) is 12.1 Å². The number of carbonyl (C=O) groups excluding carboxylic acids is 4. The molecule has 1 aliphatic rings. The highest BCUT2D eigenvalue weighted by Crippen LogP contribution is 2.40. The summed E-state index contributed by atoms with van der Waals surface area (Å²) in [6.45, 7) is -0.565. The number of nitrogens with two attached hydrogens (primary N) is 1. The molecule has 11 nitrogen and oxygen atoms in total. The van der Waals surface area contributed by atoms with E-state index in [0.717, 1.165) is 16.7 Å². The van der Waals surface area contributed by atoms with Crippen LogP contribution in [0.1, 0.15) is 38.3 Å². The number of rotatable bonds is 8. The number of carbonyl (C=O) groups is 4. The standard InChI is InChI=1S/C30H17Cl2N5O6S/c31-16-5-8-18(21(32)10-16)22(38)14-43-30(41)15-3-6-17(7-4-15)37-25(39)11-24(29(37)40)44-28-20(13-34)26(23-2-1-9-42-23)19(12-33)27(35)36-28/h1-10,24H,11,14H2,(H2,35,36). The highest BCUT2D eigenvalue weighted by atomic mass is 35.5. The van der Waals surface area contributed by atoms with Crippen molar-refractivity contribution in [2.24, 2.45) is 0 Å². The Hall–Kier alpha value is -5.14. The molecule has 1 unspecified atom stereocenters. The molecule has 2 aromatic carbocycles. The summed E-state index contributed by atoms with van der Waals surface area (Å²) in [4.78, 5) is 56.3. The quantitative estimate of drug-likeness (QED) is 0.146. The van der Waals surface area contributed by atoms with Crippen molar-refractivity contribution >= 4 is 70.0 Å². The fraction of sp³-hybridized carbons (Fsp3) is 0.100. The number of aromatic nitrogens is 1. The molecule has 218 valence electrons. The smallest absolute Gasteiger partial charge is 0.338 e. The summed E-state index contributed by atoms with van der Waals surface area (Å²) in [5.41, 5.74) is 6.51. The molecule has 1 fully saturated rings. The van der Waals surface area contributed by atoms with E-state index < -0.39 is 35.4 Å². The van der Waals surface area contributed by atoms with Gasteiger partial charge in [-0.05, 0) is 54.6 Å². The average molecular weight is 646 g/mol. The van der Waals surface area contributed by atoms with Crippen molar-refractivity contribution in [3.63, 3.8) is 0 Å². The number of nitrogen functional groups attached to an aromatic ring is 1. The van der Waals surface area contributed by atoms with Crippen LogP contribution in [0.4, 0.5) is 11.5 Å². The molecular weight excluding hydrogens is 629 g/mol. The molecule has 1 atom stereocenters. The number of ketones is 1. The van der Waals surface area contributed by atoms with Crippen LogP contribution in [0.15, 0.2) is 70.3 Å². The monoisotopic (exact) mass is 645 g/mol. The number of anilines is 2. The van der Waals surface area contributed by atoms with Crippen LogP contribution in [0.2, 0.25) is 10.0 Å². The van der Waals surface area contributed by atoms with Crippen molar-refractivity contribution in [2.75, 3.05) is 17.2 Å². The van der Waals surface area contributed by atoms with Crippen molar-refractivity contribution in [1.82, 2.24) is 4.98 Å². The summed E-state index contributed by atoms with van der Waals surface area (Å²) in [7, 11) is 0. The topological polar surface area (TPSA) is 180 Å². The van der Waals surface area contributed by atoms with Gasteiger partial charge in [-0.1, -0.05) is 35.0 Å². The maximum atomic E-state index is 13.3. The zero-order chi connectivity index (χ0) is 31.5. The van der Waals surface area contributed by atoms with Crippen molar-refractivity contribution < 1.29 is 28.3 Å². The molecule has 0 radical (unpaired) electrons. The molecule has 0 aliphatic carbocycles. The third kappa shape index (κ3) is 5.87. The van der Waals surface area contributed by atoms with Gasteiger partial charge in [-0.2, -0.15) is 10.5 Å². The van der Waals surface area contributed by atoms with E-state index in [1.165, 1.54) is 48.7 Å². The molecule has 4 aromatic rings. The molecule has 0 saturated carbocycles. The predicted molar refractivity (Wildman–Crippen MR) is 160 cm³/mol. The van der Waals surface area contributed by atoms with Crippen LogP contribution in [0.5, 0.6) is 0 Å². The normalized spacial score (nSPS) is 14.3. The maximum absolute atomic E-state index is 13.3. The zero-order valence-electron chi connectivity index (χ0n) is 22.2. The largest absolute Gasteiger partial charge is 0.464 e. The molecule has 2 N–H and O–H groups in total. The molecule has 2 amide bonds. The second kappa shape index (κ2) is 12.6. The summed E-state index contributed by atoms with van der Waals surface area (Å²) in [5.74, 6) is -2.35. The number of hydrogen-bond acceptors (Lipinski definition) is 11. The summed E-state index contributed by atoms with van der Waals surface area (Å²) in [6.07, 6.45) is 1.17. The van der Waals surface area contributed by atoms with Gasteiger partial charge in [-0.15, -0.1) is 0 Å². The lowest BCUT2D eigenvalue weighted by Crippen LogP contribution is -2.31. The molecule has 0 bridgehead atoms. The Kier molecular flexibility index (Phi) is 8.69. The van der Waals surface area contributed by atoms with Gasteiger partial charge in [0.05, 0.1) is 38.9 Å². The number of pyridine rings is 1. The van der Waals surface area contributed by atoms with Crippen LogP contribution in [0.25, 0.3) is 11.3 Å². The van der Waals surface area contributed by atoms with Gasteiger partial charge in [0.15, 0.2) is 6.61 Å². The summed E-state index contributed by atoms with van der Waals surface area (Å²) < 4.78 is 10.5.